The zero-order chi connectivity index (χ0) is 36.2. The third-order valence-electron chi connectivity index (χ3n) is 9.06. The first-order chi connectivity index (χ1) is 24.5. The number of aliphatic hydroxyl groups is 5. The van der Waals surface area contributed by atoms with Crippen LogP contribution in [0.3, 0.4) is 0 Å². The van der Waals surface area contributed by atoms with Gasteiger partial charge in [-0.1, -0.05) is 66.2 Å². The van der Waals surface area contributed by atoms with E-state index in [4.69, 9.17) is 21.4 Å². The molecule has 1 aliphatic rings. The number of carboxylic acids is 1. The number of hydrogen-bond donors (Lipinski definition) is 8. The highest BCUT2D eigenvalue weighted by Crippen LogP contribution is 2.32. The molecule has 13 nitrogen and oxygen atoms in total. The summed E-state index contributed by atoms with van der Waals surface area (Å²) in [5.74, 6) is -0.316. The number of aromatic carboxylic acids is 1. The van der Waals surface area contributed by atoms with Crippen molar-refractivity contribution in [3.05, 3.63) is 94.5 Å². The van der Waals surface area contributed by atoms with E-state index in [0.29, 0.717) is 45.7 Å². The Labute approximate surface area is 298 Å². The van der Waals surface area contributed by atoms with E-state index in [2.05, 4.69) is 49.4 Å². The summed E-state index contributed by atoms with van der Waals surface area (Å²) in [5, 5.41) is 61.0. The molecule has 1 aliphatic heterocycles. The lowest BCUT2D eigenvalue weighted by molar-refractivity contribution is -0.114. The number of ether oxygens (including phenoxy) is 1. The average Bonchev–Trinajstić information content (AvgIpc) is 3.50. The Hall–Kier alpha value is -4.44. The molecule has 5 aromatic rings. The van der Waals surface area contributed by atoms with Gasteiger partial charge in [0.15, 0.2) is 5.65 Å². The second kappa shape index (κ2) is 15.8. The number of hydrogen-bond acceptors (Lipinski definition) is 11. The minimum atomic E-state index is -1.63. The second-order valence-electron chi connectivity index (χ2n) is 12.9. The molecule has 8 N–H and O–H groups in total. The van der Waals surface area contributed by atoms with Gasteiger partial charge < -0.3 is 45.7 Å². The van der Waals surface area contributed by atoms with Crippen molar-refractivity contribution in [2.24, 2.45) is 5.92 Å². The number of imidazole rings is 1. The number of aliphatic hydroxyl groups excluding tert-OH is 5. The minimum Gasteiger partial charge on any atom is -0.478 e. The number of aromatic amines is 1. The van der Waals surface area contributed by atoms with Crippen LogP contribution >= 0.6 is 11.6 Å². The molecule has 0 spiro atoms. The number of nitrogens with one attached hydrogen (secondary N) is 2. The summed E-state index contributed by atoms with van der Waals surface area (Å²) in [5.41, 5.74) is 6.45. The lowest BCUT2D eigenvalue weighted by Crippen LogP contribution is -2.52. The molecule has 6 rings (SSSR count). The number of fused-ring (bicyclic) bond motifs is 1. The first-order valence-corrected chi connectivity index (χ1v) is 16.9. The van der Waals surface area contributed by atoms with Crippen molar-refractivity contribution in [1.82, 2.24) is 25.2 Å². The fraction of sp³-hybridized carbons (Fsp3) is 0.324. The molecule has 1 fully saturated rings. The van der Waals surface area contributed by atoms with Crippen molar-refractivity contribution < 1.29 is 40.2 Å². The fourth-order valence-electron chi connectivity index (χ4n) is 6.09. The maximum Gasteiger partial charge on any atom is 0.336 e. The van der Waals surface area contributed by atoms with E-state index < -0.39 is 37.0 Å². The Balaban J connectivity index is 1.00. The minimum absolute atomic E-state index is 0.0584. The standard InChI is InChI=1S/C37H40ClN5O8/c1-20-2-11-26(12-27(20)36(49)50)51-37-40-29-13-28(38)32(41-35(29)42-37)25-9-7-24(8-10-25)23-5-3-21(4-6-23)16-43-17-22(18-43)14-39-15-30(45)33(47)34(48)31(46)19-44/h2-13,22,30-31,33-34,39,44-48H,14-19H2,1H3,(H,49,50)(H,40,41,42). The van der Waals surface area contributed by atoms with Crippen LogP contribution in [-0.4, -0.2) is 114 Å². The van der Waals surface area contributed by atoms with Crippen molar-refractivity contribution >= 4 is 28.7 Å². The lowest BCUT2D eigenvalue weighted by atomic mass is 9.97. The largest absolute Gasteiger partial charge is 0.478 e. The molecule has 0 aliphatic carbocycles. The highest BCUT2D eigenvalue weighted by Gasteiger charge is 2.31. The molecule has 2 aromatic heterocycles. The number of pyridine rings is 1. The Morgan fingerprint density at radius 1 is 0.941 bits per heavy atom. The van der Waals surface area contributed by atoms with E-state index in [1.807, 2.05) is 24.3 Å². The maximum absolute atomic E-state index is 11.5. The number of carbonyl (C=O) groups is 1. The van der Waals surface area contributed by atoms with Crippen LogP contribution < -0.4 is 10.1 Å². The number of carboxylic acid groups (broad SMARTS) is 1. The molecule has 268 valence electrons. The quantitative estimate of drug-likeness (QED) is 0.0787. The van der Waals surface area contributed by atoms with Crippen LogP contribution in [-0.2, 0) is 6.54 Å². The zero-order valence-electron chi connectivity index (χ0n) is 27.8. The predicted molar refractivity (Wildman–Crippen MR) is 191 cm³/mol. The number of rotatable bonds is 15. The zero-order valence-corrected chi connectivity index (χ0v) is 28.5. The SMILES string of the molecule is Cc1ccc(Oc2nc3nc(-c4ccc(-c5ccc(CN6CC(CNCC(O)C(O)C(O)C(O)CO)C6)cc5)cc4)c(Cl)cc3[nH]2)cc1C(=O)O. The summed E-state index contributed by atoms with van der Waals surface area (Å²) >= 11 is 6.63. The molecular weight excluding hydrogens is 678 g/mol. The molecule has 1 saturated heterocycles. The van der Waals surface area contributed by atoms with E-state index >= 15 is 0 Å². The van der Waals surface area contributed by atoms with E-state index in [0.717, 1.165) is 36.3 Å². The highest BCUT2D eigenvalue weighted by molar-refractivity contribution is 6.33. The summed E-state index contributed by atoms with van der Waals surface area (Å²) in [7, 11) is 0. The van der Waals surface area contributed by atoms with Crippen LogP contribution in [0.1, 0.15) is 21.5 Å². The van der Waals surface area contributed by atoms with Crippen molar-refractivity contribution in [3.8, 4) is 34.1 Å². The number of nitrogens with zero attached hydrogens (tertiary/aromatic N) is 3. The molecule has 4 atom stereocenters. The van der Waals surface area contributed by atoms with Crippen LogP contribution in [0, 0.1) is 12.8 Å². The Bertz CT molecular complexity index is 1970. The van der Waals surface area contributed by atoms with Gasteiger partial charge in [-0.3, -0.25) is 4.90 Å². The maximum atomic E-state index is 11.5. The van der Waals surface area contributed by atoms with Gasteiger partial charge in [-0.2, -0.15) is 4.98 Å². The molecule has 0 saturated carbocycles. The summed E-state index contributed by atoms with van der Waals surface area (Å²) in [6.07, 6.45) is -5.97. The second-order valence-corrected chi connectivity index (χ2v) is 13.3. The first-order valence-electron chi connectivity index (χ1n) is 16.5. The summed E-state index contributed by atoms with van der Waals surface area (Å²) in [4.78, 5) is 26.0. The molecular formula is C37H40ClN5O8. The van der Waals surface area contributed by atoms with Gasteiger partial charge in [0.05, 0.1) is 34.5 Å². The normalized spacial score (nSPS) is 16.1. The topological polar surface area (TPSA) is 205 Å². The number of benzene rings is 3. The Morgan fingerprint density at radius 3 is 2.25 bits per heavy atom. The van der Waals surface area contributed by atoms with Gasteiger partial charge >= 0.3 is 12.0 Å². The molecule has 0 amide bonds. The van der Waals surface area contributed by atoms with E-state index in [9.17, 15) is 30.3 Å². The monoisotopic (exact) mass is 717 g/mol. The molecule has 51 heavy (non-hydrogen) atoms. The van der Waals surface area contributed by atoms with Gasteiger partial charge in [0.25, 0.3) is 0 Å². The number of H-pyrrole nitrogens is 1. The third kappa shape index (κ3) is 8.55. The molecule has 3 heterocycles. The van der Waals surface area contributed by atoms with Gasteiger partial charge in [-0.25, -0.2) is 9.78 Å². The van der Waals surface area contributed by atoms with Crippen LogP contribution in [0.25, 0.3) is 33.5 Å². The van der Waals surface area contributed by atoms with Gasteiger partial charge in [0.2, 0.25) is 0 Å². The third-order valence-corrected chi connectivity index (χ3v) is 9.34. The number of aryl methyl sites for hydroxylation is 1. The number of halogens is 1. The van der Waals surface area contributed by atoms with Crippen molar-refractivity contribution in [3.63, 3.8) is 0 Å². The molecule has 14 heteroatoms. The van der Waals surface area contributed by atoms with Crippen LogP contribution in [0.2, 0.25) is 5.02 Å². The van der Waals surface area contributed by atoms with Crippen molar-refractivity contribution in [2.45, 2.75) is 37.9 Å². The van der Waals surface area contributed by atoms with Crippen LogP contribution in [0.15, 0.2) is 72.8 Å². The van der Waals surface area contributed by atoms with Gasteiger partial charge in [-0.05, 0) is 53.3 Å². The molecule has 4 unspecified atom stereocenters. The molecule has 3 aromatic carbocycles. The van der Waals surface area contributed by atoms with Gasteiger partial charge in [0.1, 0.15) is 24.1 Å². The number of likely N-dealkylation sites (tertiary alicyclic amines) is 1. The summed E-state index contributed by atoms with van der Waals surface area (Å²) in [6, 6.07) is 23.1. The molecule has 0 radical (unpaired) electrons. The smallest absolute Gasteiger partial charge is 0.336 e. The van der Waals surface area contributed by atoms with Crippen molar-refractivity contribution in [1.29, 1.82) is 0 Å². The fourth-order valence-corrected chi connectivity index (χ4v) is 6.35. The highest BCUT2D eigenvalue weighted by atomic mass is 35.5. The van der Waals surface area contributed by atoms with Gasteiger partial charge in [-0.15, -0.1) is 0 Å². The first kappa shape index (κ1) is 36.4. The van der Waals surface area contributed by atoms with Crippen LogP contribution in [0.4, 0.5) is 0 Å². The Kier molecular flexibility index (Phi) is 11.3. The number of aromatic nitrogens is 3. The average molecular weight is 718 g/mol. The van der Waals surface area contributed by atoms with Crippen LogP contribution in [0.5, 0.6) is 11.8 Å². The predicted octanol–water partition coefficient (Wildman–Crippen LogP) is 3.20. The Morgan fingerprint density at radius 2 is 1.59 bits per heavy atom. The van der Waals surface area contributed by atoms with E-state index in [1.54, 1.807) is 25.1 Å². The summed E-state index contributed by atoms with van der Waals surface area (Å²) < 4.78 is 5.79. The summed E-state index contributed by atoms with van der Waals surface area (Å²) in [6.45, 7) is 4.29. The van der Waals surface area contributed by atoms with Crippen molar-refractivity contribution in [2.75, 3.05) is 32.8 Å². The molecule has 0 bridgehead atoms. The van der Waals surface area contributed by atoms with E-state index in [1.165, 1.54) is 11.6 Å². The lowest BCUT2D eigenvalue weighted by Gasteiger charge is -2.39. The van der Waals surface area contributed by atoms with Gasteiger partial charge in [0, 0.05) is 38.3 Å². The van der Waals surface area contributed by atoms with E-state index in [-0.39, 0.29) is 18.1 Å².